The second kappa shape index (κ2) is 6.85. The second-order valence-corrected chi connectivity index (χ2v) is 6.31. The normalized spacial score (nSPS) is 19.8. The van der Waals surface area contributed by atoms with Gasteiger partial charge in [-0.25, -0.2) is 17.5 Å². The molecule has 1 saturated heterocycles. The molecule has 1 aromatic rings. The van der Waals surface area contributed by atoms with Gasteiger partial charge in [0, 0.05) is 12.6 Å². The lowest BCUT2D eigenvalue weighted by Crippen LogP contribution is -2.45. The average Bonchev–Trinajstić information content (AvgIpc) is 2.33. The number of sulfonamides is 1. The summed E-state index contributed by atoms with van der Waals surface area (Å²) in [7, 11) is -3.86. The Bertz CT molecular complexity index is 533. The molecule has 19 heavy (non-hydrogen) atoms. The molecule has 1 heterocycles. The van der Waals surface area contributed by atoms with Gasteiger partial charge in [-0.2, -0.15) is 0 Å². The summed E-state index contributed by atoms with van der Waals surface area (Å²) in [5.74, 6) is -0.907. The molecule has 2 N–H and O–H groups in total. The molecule has 8 heteroatoms. The van der Waals surface area contributed by atoms with E-state index in [1.54, 1.807) is 0 Å². The van der Waals surface area contributed by atoms with Crippen molar-refractivity contribution in [2.24, 2.45) is 0 Å². The number of halogens is 3. The van der Waals surface area contributed by atoms with E-state index in [0.717, 1.165) is 19.4 Å². The minimum Gasteiger partial charge on any atom is -0.315 e. The van der Waals surface area contributed by atoms with Gasteiger partial charge in [0.25, 0.3) is 0 Å². The van der Waals surface area contributed by atoms with Crippen molar-refractivity contribution >= 4 is 34.0 Å². The van der Waals surface area contributed by atoms with E-state index in [0.29, 0.717) is 6.54 Å². The molecule has 2 rings (SSSR count). The van der Waals surface area contributed by atoms with Crippen molar-refractivity contribution in [2.45, 2.75) is 23.8 Å². The van der Waals surface area contributed by atoms with Gasteiger partial charge in [0.1, 0.15) is 4.90 Å². The van der Waals surface area contributed by atoms with Gasteiger partial charge in [-0.3, -0.25) is 0 Å². The molecule has 0 bridgehead atoms. The van der Waals surface area contributed by atoms with Crippen LogP contribution in [0.1, 0.15) is 12.8 Å². The van der Waals surface area contributed by atoms with Gasteiger partial charge >= 0.3 is 0 Å². The first kappa shape index (κ1) is 16.7. The fraction of sp³-hybridized carbons (Fsp3) is 0.455. The first-order valence-electron chi connectivity index (χ1n) is 5.68. The highest BCUT2D eigenvalue weighted by Crippen LogP contribution is 2.22. The van der Waals surface area contributed by atoms with E-state index in [9.17, 15) is 12.8 Å². The highest BCUT2D eigenvalue weighted by molar-refractivity contribution is 7.89. The molecule has 1 aromatic carbocycles. The van der Waals surface area contributed by atoms with Crippen LogP contribution in [0, 0.1) is 5.82 Å². The summed E-state index contributed by atoms with van der Waals surface area (Å²) >= 11 is 5.58. The Morgan fingerprint density at radius 1 is 1.42 bits per heavy atom. The summed E-state index contributed by atoms with van der Waals surface area (Å²) in [6, 6.07) is 3.74. The molecule has 1 fully saturated rings. The van der Waals surface area contributed by atoms with Crippen molar-refractivity contribution in [3.05, 3.63) is 29.0 Å². The highest BCUT2D eigenvalue weighted by Gasteiger charge is 2.25. The number of benzene rings is 1. The molecule has 108 valence electrons. The zero-order valence-electron chi connectivity index (χ0n) is 10.0. The third kappa shape index (κ3) is 4.03. The van der Waals surface area contributed by atoms with E-state index in [-0.39, 0.29) is 23.5 Å². The van der Waals surface area contributed by atoms with Crippen LogP contribution in [0.5, 0.6) is 0 Å². The Hall–Kier alpha value is -0.400. The van der Waals surface area contributed by atoms with Crippen molar-refractivity contribution in [3.63, 3.8) is 0 Å². The predicted octanol–water partition coefficient (Wildman–Crippen LogP) is 1.93. The topological polar surface area (TPSA) is 58.2 Å². The summed E-state index contributed by atoms with van der Waals surface area (Å²) in [5.41, 5.74) is 0. The van der Waals surface area contributed by atoms with Gasteiger partial charge in [-0.1, -0.05) is 17.7 Å². The maximum absolute atomic E-state index is 13.7. The van der Waals surface area contributed by atoms with Gasteiger partial charge in [-0.15, -0.1) is 12.4 Å². The molecule has 1 aliphatic rings. The third-order valence-corrected chi connectivity index (χ3v) is 4.65. The largest absolute Gasteiger partial charge is 0.315 e. The van der Waals surface area contributed by atoms with E-state index in [1.165, 1.54) is 18.2 Å². The molecular formula is C11H15Cl2FN2O2S. The van der Waals surface area contributed by atoms with Crippen LogP contribution in [0.25, 0.3) is 0 Å². The van der Waals surface area contributed by atoms with Gasteiger partial charge in [0.15, 0.2) is 5.82 Å². The standard InChI is InChI=1S/C11H14ClFN2O2S.ClH/c12-9-4-1-5-10(11(9)13)18(16,17)15-8-3-2-6-14-7-8;/h1,4-5,8,14-15H,2-3,6-7H2;1H/t8-;/m0./s1. The molecule has 0 aliphatic carbocycles. The Kier molecular flexibility index (Phi) is 6.01. The van der Waals surface area contributed by atoms with E-state index >= 15 is 0 Å². The molecule has 0 spiro atoms. The van der Waals surface area contributed by atoms with Crippen molar-refractivity contribution in [1.29, 1.82) is 0 Å². The van der Waals surface area contributed by atoms with Crippen molar-refractivity contribution in [2.75, 3.05) is 13.1 Å². The van der Waals surface area contributed by atoms with Crippen LogP contribution < -0.4 is 10.0 Å². The molecule has 0 amide bonds. The monoisotopic (exact) mass is 328 g/mol. The van der Waals surface area contributed by atoms with E-state index in [4.69, 9.17) is 11.6 Å². The minimum absolute atomic E-state index is 0. The number of hydrogen-bond acceptors (Lipinski definition) is 3. The molecular weight excluding hydrogens is 314 g/mol. The van der Waals surface area contributed by atoms with E-state index in [2.05, 4.69) is 10.0 Å². The predicted molar refractivity (Wildman–Crippen MR) is 74.9 cm³/mol. The van der Waals surface area contributed by atoms with Crippen LogP contribution in [0.2, 0.25) is 5.02 Å². The smallest absolute Gasteiger partial charge is 0.243 e. The lowest BCUT2D eigenvalue weighted by molar-refractivity contribution is 0.427. The quantitative estimate of drug-likeness (QED) is 0.891. The van der Waals surface area contributed by atoms with Gasteiger partial charge in [0.05, 0.1) is 5.02 Å². The van der Waals surface area contributed by atoms with Crippen molar-refractivity contribution in [1.82, 2.24) is 10.0 Å². The summed E-state index contributed by atoms with van der Waals surface area (Å²) in [4.78, 5) is -0.402. The van der Waals surface area contributed by atoms with Crippen LogP contribution in [0.15, 0.2) is 23.1 Å². The first-order valence-corrected chi connectivity index (χ1v) is 7.54. The summed E-state index contributed by atoms with van der Waals surface area (Å²) in [6.45, 7) is 1.44. The van der Waals surface area contributed by atoms with Crippen LogP contribution in [-0.4, -0.2) is 27.5 Å². The molecule has 0 radical (unpaired) electrons. The van der Waals surface area contributed by atoms with Crippen LogP contribution in [0.4, 0.5) is 4.39 Å². The summed E-state index contributed by atoms with van der Waals surface area (Å²) in [5, 5.41) is 2.89. The minimum atomic E-state index is -3.86. The molecule has 0 unspecified atom stereocenters. The second-order valence-electron chi connectivity index (χ2n) is 4.22. The third-order valence-electron chi connectivity index (χ3n) is 2.82. The molecule has 4 nitrogen and oxygen atoms in total. The molecule has 1 atom stereocenters. The number of hydrogen-bond donors (Lipinski definition) is 2. The Morgan fingerprint density at radius 2 is 2.16 bits per heavy atom. The maximum atomic E-state index is 13.7. The lowest BCUT2D eigenvalue weighted by Gasteiger charge is -2.23. The maximum Gasteiger partial charge on any atom is 0.243 e. The fourth-order valence-corrected chi connectivity index (χ4v) is 3.53. The lowest BCUT2D eigenvalue weighted by atomic mass is 10.1. The van der Waals surface area contributed by atoms with Gasteiger partial charge in [0.2, 0.25) is 10.0 Å². The fourth-order valence-electron chi connectivity index (χ4n) is 1.93. The van der Waals surface area contributed by atoms with Crippen molar-refractivity contribution in [3.8, 4) is 0 Å². The average molecular weight is 329 g/mol. The summed E-state index contributed by atoms with van der Waals surface area (Å²) in [6.07, 6.45) is 1.64. The van der Waals surface area contributed by atoms with Crippen molar-refractivity contribution < 1.29 is 12.8 Å². The Labute approximate surface area is 123 Å². The SMILES string of the molecule is Cl.O=S(=O)(N[C@H]1CCCNC1)c1cccc(Cl)c1F. The van der Waals surface area contributed by atoms with Gasteiger partial charge in [-0.05, 0) is 31.5 Å². The van der Waals surface area contributed by atoms with E-state index in [1.807, 2.05) is 0 Å². The van der Waals surface area contributed by atoms with E-state index < -0.39 is 20.7 Å². The van der Waals surface area contributed by atoms with Crippen LogP contribution >= 0.6 is 24.0 Å². The van der Waals surface area contributed by atoms with Gasteiger partial charge < -0.3 is 5.32 Å². The Morgan fingerprint density at radius 3 is 2.79 bits per heavy atom. The number of rotatable bonds is 3. The Balaban J connectivity index is 0.00000180. The van der Waals surface area contributed by atoms with Crippen LogP contribution in [0.3, 0.4) is 0 Å². The number of piperidine rings is 1. The zero-order chi connectivity index (χ0) is 13.2. The summed E-state index contributed by atoms with van der Waals surface area (Å²) < 4.78 is 40.2. The van der Waals surface area contributed by atoms with Crippen LogP contribution in [-0.2, 0) is 10.0 Å². The molecule has 0 aromatic heterocycles. The first-order chi connectivity index (χ1) is 8.50. The molecule has 0 saturated carbocycles. The number of nitrogens with one attached hydrogen (secondary N) is 2. The zero-order valence-corrected chi connectivity index (χ0v) is 12.4. The highest BCUT2D eigenvalue weighted by atomic mass is 35.5. The molecule has 1 aliphatic heterocycles.